The van der Waals surface area contributed by atoms with E-state index in [0.717, 1.165) is 12.8 Å². The Bertz CT molecular complexity index is 507. The highest BCUT2D eigenvalue weighted by Gasteiger charge is 2.32. The van der Waals surface area contributed by atoms with Crippen LogP contribution in [0, 0.1) is 0 Å². The average Bonchev–Trinajstić information content (AvgIpc) is 2.77. The number of carbonyl (C=O) groups excluding carboxylic acids is 1. The van der Waals surface area contributed by atoms with Crippen LogP contribution in [0.15, 0.2) is 18.2 Å². The van der Waals surface area contributed by atoms with Crippen molar-refractivity contribution in [1.82, 2.24) is 4.90 Å². The van der Waals surface area contributed by atoms with Crippen LogP contribution in [0.1, 0.15) is 23.2 Å². The summed E-state index contributed by atoms with van der Waals surface area (Å²) in [5, 5.41) is 10.1. The molecule has 1 atom stereocenters. The van der Waals surface area contributed by atoms with Crippen LogP contribution in [0.25, 0.3) is 0 Å². The van der Waals surface area contributed by atoms with E-state index in [9.17, 15) is 9.90 Å². The monoisotopic (exact) mass is 284 g/mol. The molecule has 1 saturated heterocycles. The molecule has 1 aromatic carbocycles. The first-order valence-corrected chi connectivity index (χ1v) is 6.38. The smallest absolute Gasteiger partial charge is 0.258 e. The Balaban J connectivity index is 2.28. The Labute approximate surface area is 115 Å². The zero-order chi connectivity index (χ0) is 13.3. The predicted molar refractivity (Wildman–Crippen MR) is 74.0 cm³/mol. The number of aromatic hydroxyl groups is 1. The zero-order valence-electron chi connectivity index (χ0n) is 9.60. The number of nitrogens with zero attached hydrogens (tertiary/aromatic N) is 1. The van der Waals surface area contributed by atoms with Crippen molar-refractivity contribution in [3.8, 4) is 5.75 Å². The minimum absolute atomic E-state index is 0.124. The van der Waals surface area contributed by atoms with Crippen LogP contribution in [-0.4, -0.2) is 33.5 Å². The van der Waals surface area contributed by atoms with Crippen molar-refractivity contribution in [3.63, 3.8) is 0 Å². The standard InChI is InChI=1S/C12H13ClN2O2S/c13-7-3-4-8(10(16)6-7)12(17)15-5-1-2-9(15)11(14)18/h3-4,6,9,16H,1-2,5H2,(H2,14,18). The molecule has 1 aliphatic heterocycles. The zero-order valence-corrected chi connectivity index (χ0v) is 11.2. The molecule has 2 rings (SSSR count). The second kappa shape index (κ2) is 5.12. The van der Waals surface area contributed by atoms with Gasteiger partial charge in [0.15, 0.2) is 0 Å². The summed E-state index contributed by atoms with van der Waals surface area (Å²) in [6, 6.07) is 4.21. The molecule has 1 amide bonds. The topological polar surface area (TPSA) is 66.6 Å². The van der Waals surface area contributed by atoms with Gasteiger partial charge in [-0.05, 0) is 31.0 Å². The Kier molecular flexibility index (Phi) is 3.73. The van der Waals surface area contributed by atoms with Gasteiger partial charge in [-0.15, -0.1) is 0 Å². The van der Waals surface area contributed by atoms with Gasteiger partial charge in [0.25, 0.3) is 5.91 Å². The molecule has 1 unspecified atom stereocenters. The molecule has 3 N–H and O–H groups in total. The molecule has 1 fully saturated rings. The van der Waals surface area contributed by atoms with Crippen LogP contribution in [-0.2, 0) is 0 Å². The summed E-state index contributed by atoms with van der Waals surface area (Å²) in [7, 11) is 0. The Morgan fingerprint density at radius 2 is 2.28 bits per heavy atom. The Morgan fingerprint density at radius 1 is 1.56 bits per heavy atom. The molecule has 1 heterocycles. The number of halogens is 1. The van der Waals surface area contributed by atoms with E-state index in [1.54, 1.807) is 11.0 Å². The van der Waals surface area contributed by atoms with E-state index in [1.807, 2.05) is 0 Å². The van der Waals surface area contributed by atoms with Crippen LogP contribution in [0.4, 0.5) is 0 Å². The second-order valence-electron chi connectivity index (χ2n) is 4.22. The van der Waals surface area contributed by atoms with Crippen molar-refractivity contribution in [2.75, 3.05) is 6.54 Å². The lowest BCUT2D eigenvalue weighted by atomic mass is 10.1. The largest absolute Gasteiger partial charge is 0.507 e. The van der Waals surface area contributed by atoms with Crippen LogP contribution in [0.2, 0.25) is 5.02 Å². The first kappa shape index (κ1) is 13.1. The maximum absolute atomic E-state index is 12.3. The molecular weight excluding hydrogens is 272 g/mol. The first-order chi connectivity index (χ1) is 8.50. The lowest BCUT2D eigenvalue weighted by Crippen LogP contribution is -2.42. The number of benzene rings is 1. The van der Waals surface area contributed by atoms with Crippen molar-refractivity contribution >= 4 is 34.7 Å². The van der Waals surface area contributed by atoms with Crippen molar-refractivity contribution in [2.45, 2.75) is 18.9 Å². The number of phenols is 1. The van der Waals surface area contributed by atoms with Crippen LogP contribution >= 0.6 is 23.8 Å². The van der Waals surface area contributed by atoms with Gasteiger partial charge in [-0.3, -0.25) is 4.79 Å². The predicted octanol–water partition coefficient (Wildman–Crippen LogP) is 1.94. The first-order valence-electron chi connectivity index (χ1n) is 5.59. The number of thiocarbonyl (C=S) groups is 1. The fourth-order valence-electron chi connectivity index (χ4n) is 2.15. The molecule has 0 radical (unpaired) electrons. The number of hydrogen-bond donors (Lipinski definition) is 2. The maximum atomic E-state index is 12.3. The van der Waals surface area contributed by atoms with Gasteiger partial charge in [0, 0.05) is 11.6 Å². The van der Waals surface area contributed by atoms with Gasteiger partial charge in [0.05, 0.1) is 16.6 Å². The third-order valence-electron chi connectivity index (χ3n) is 3.03. The summed E-state index contributed by atoms with van der Waals surface area (Å²) in [6.45, 7) is 0.600. The van der Waals surface area contributed by atoms with E-state index in [2.05, 4.69) is 0 Å². The molecule has 1 aliphatic rings. The van der Waals surface area contributed by atoms with Gasteiger partial charge in [0.1, 0.15) is 5.75 Å². The highest BCUT2D eigenvalue weighted by Crippen LogP contribution is 2.26. The summed E-state index contributed by atoms with van der Waals surface area (Å²) in [4.78, 5) is 14.2. The molecule has 0 spiro atoms. The fourth-order valence-corrected chi connectivity index (χ4v) is 2.56. The molecule has 0 bridgehead atoms. The minimum atomic E-state index is -0.264. The molecule has 18 heavy (non-hydrogen) atoms. The van der Waals surface area contributed by atoms with E-state index in [0.29, 0.717) is 16.6 Å². The summed E-state index contributed by atoms with van der Waals surface area (Å²) in [5.41, 5.74) is 5.84. The summed E-state index contributed by atoms with van der Waals surface area (Å²) < 4.78 is 0. The molecule has 6 heteroatoms. The van der Waals surface area contributed by atoms with Crippen molar-refractivity contribution in [2.24, 2.45) is 5.73 Å². The van der Waals surface area contributed by atoms with Crippen LogP contribution in [0.5, 0.6) is 5.75 Å². The molecule has 96 valence electrons. The summed E-state index contributed by atoms with van der Waals surface area (Å²) in [5.74, 6) is -0.388. The van der Waals surface area contributed by atoms with Gasteiger partial charge in [-0.1, -0.05) is 23.8 Å². The molecule has 4 nitrogen and oxygen atoms in total. The van der Waals surface area contributed by atoms with Crippen LogP contribution in [0.3, 0.4) is 0 Å². The summed E-state index contributed by atoms with van der Waals surface area (Å²) >= 11 is 10.7. The van der Waals surface area contributed by atoms with Crippen molar-refractivity contribution in [3.05, 3.63) is 28.8 Å². The van der Waals surface area contributed by atoms with E-state index in [-0.39, 0.29) is 23.3 Å². The number of nitrogens with two attached hydrogens (primary N) is 1. The average molecular weight is 285 g/mol. The number of amides is 1. The Hall–Kier alpha value is -1.33. The molecular formula is C12H13ClN2O2S. The number of carbonyl (C=O) groups is 1. The third kappa shape index (κ3) is 2.42. The normalized spacial score (nSPS) is 18.9. The van der Waals surface area contributed by atoms with Gasteiger partial charge in [-0.25, -0.2) is 0 Å². The van der Waals surface area contributed by atoms with E-state index >= 15 is 0 Å². The quantitative estimate of drug-likeness (QED) is 0.815. The maximum Gasteiger partial charge on any atom is 0.258 e. The van der Waals surface area contributed by atoms with Crippen LogP contribution < -0.4 is 5.73 Å². The van der Waals surface area contributed by atoms with Gasteiger partial charge in [0.2, 0.25) is 0 Å². The molecule has 0 saturated carbocycles. The number of rotatable bonds is 2. The number of likely N-dealkylation sites (tertiary alicyclic amines) is 1. The Morgan fingerprint density at radius 3 is 2.89 bits per heavy atom. The van der Waals surface area contributed by atoms with E-state index in [1.165, 1.54) is 12.1 Å². The van der Waals surface area contributed by atoms with E-state index < -0.39 is 0 Å². The second-order valence-corrected chi connectivity index (χ2v) is 5.13. The molecule has 0 aromatic heterocycles. The lowest BCUT2D eigenvalue weighted by molar-refractivity contribution is 0.0767. The van der Waals surface area contributed by atoms with Gasteiger partial charge in [-0.2, -0.15) is 0 Å². The third-order valence-corrected chi connectivity index (χ3v) is 3.54. The molecule has 0 aliphatic carbocycles. The highest BCUT2D eigenvalue weighted by molar-refractivity contribution is 7.80. The van der Waals surface area contributed by atoms with E-state index in [4.69, 9.17) is 29.6 Å². The highest BCUT2D eigenvalue weighted by atomic mass is 35.5. The van der Waals surface area contributed by atoms with Crippen molar-refractivity contribution in [1.29, 1.82) is 0 Å². The van der Waals surface area contributed by atoms with Crippen molar-refractivity contribution < 1.29 is 9.90 Å². The fraction of sp³-hybridized carbons (Fsp3) is 0.333. The minimum Gasteiger partial charge on any atom is -0.507 e. The number of phenolic OH excluding ortho intramolecular Hbond substituents is 1. The lowest BCUT2D eigenvalue weighted by Gasteiger charge is -2.24. The van der Waals surface area contributed by atoms with Gasteiger partial charge < -0.3 is 15.7 Å². The molecule has 1 aromatic rings. The summed E-state index contributed by atoms with van der Waals surface area (Å²) in [6.07, 6.45) is 1.64. The number of hydrogen-bond acceptors (Lipinski definition) is 3. The SMILES string of the molecule is NC(=S)C1CCCN1C(=O)c1ccc(Cl)cc1O. The van der Waals surface area contributed by atoms with Gasteiger partial charge >= 0.3 is 0 Å².